The van der Waals surface area contributed by atoms with E-state index < -0.39 is 0 Å². The second kappa shape index (κ2) is 5.43. The molecule has 1 aromatic carbocycles. The third kappa shape index (κ3) is 2.56. The molecule has 0 amide bonds. The van der Waals surface area contributed by atoms with E-state index in [1.807, 2.05) is 38.4 Å². The highest BCUT2D eigenvalue weighted by Crippen LogP contribution is 2.18. The van der Waals surface area contributed by atoms with Crippen LogP contribution in [0.4, 0.5) is 0 Å². The maximum atomic E-state index is 5.53. The van der Waals surface area contributed by atoms with E-state index in [1.54, 1.807) is 6.20 Å². The van der Waals surface area contributed by atoms with E-state index in [-0.39, 0.29) is 6.04 Å². The first-order valence-corrected chi connectivity index (χ1v) is 6.71. The van der Waals surface area contributed by atoms with E-state index in [0.717, 1.165) is 23.6 Å². The van der Waals surface area contributed by atoms with Gasteiger partial charge in [0.15, 0.2) is 0 Å². The Labute approximate surface area is 117 Å². The van der Waals surface area contributed by atoms with E-state index in [9.17, 15) is 0 Å². The number of nitrogens with one attached hydrogen (secondary N) is 1. The second-order valence-electron chi connectivity index (χ2n) is 4.93. The van der Waals surface area contributed by atoms with Crippen LogP contribution in [0.25, 0.3) is 10.8 Å². The molecule has 0 aliphatic heterocycles. The van der Waals surface area contributed by atoms with Gasteiger partial charge in [-0.3, -0.25) is 4.98 Å². The third-order valence-corrected chi connectivity index (χ3v) is 3.36. The average molecular weight is 267 g/mol. The molecule has 0 saturated heterocycles. The van der Waals surface area contributed by atoms with Crippen LogP contribution in [0.2, 0.25) is 0 Å². The Bertz CT molecular complexity index is 715. The molecule has 0 spiro atoms. The van der Waals surface area contributed by atoms with Crippen LogP contribution in [0.3, 0.4) is 0 Å². The van der Waals surface area contributed by atoms with Gasteiger partial charge in [-0.25, -0.2) is 4.98 Å². The number of fused-ring (bicyclic) bond motifs is 1. The first-order valence-electron chi connectivity index (χ1n) is 6.71. The maximum absolute atomic E-state index is 5.53. The number of hydrogen-bond donors (Lipinski definition) is 1. The van der Waals surface area contributed by atoms with Gasteiger partial charge in [0.2, 0.25) is 5.89 Å². The molecular formula is C16H17N3O. The highest BCUT2D eigenvalue weighted by Gasteiger charge is 2.11. The van der Waals surface area contributed by atoms with Crippen LogP contribution < -0.4 is 5.32 Å². The van der Waals surface area contributed by atoms with Gasteiger partial charge in [-0.2, -0.15) is 0 Å². The number of hydrogen-bond acceptors (Lipinski definition) is 4. The topological polar surface area (TPSA) is 51.0 Å². The van der Waals surface area contributed by atoms with Crippen molar-refractivity contribution in [2.24, 2.45) is 0 Å². The van der Waals surface area contributed by atoms with Gasteiger partial charge in [-0.15, -0.1) is 0 Å². The van der Waals surface area contributed by atoms with Crippen LogP contribution in [0.5, 0.6) is 0 Å². The second-order valence-corrected chi connectivity index (χ2v) is 4.93. The largest absolute Gasteiger partial charge is 0.444 e. The van der Waals surface area contributed by atoms with Gasteiger partial charge in [-0.1, -0.05) is 24.3 Å². The first kappa shape index (κ1) is 12.8. The molecule has 4 heteroatoms. The third-order valence-electron chi connectivity index (χ3n) is 3.36. The smallest absolute Gasteiger partial charge is 0.211 e. The van der Waals surface area contributed by atoms with Gasteiger partial charge in [0.1, 0.15) is 5.76 Å². The van der Waals surface area contributed by atoms with Crippen molar-refractivity contribution in [2.45, 2.75) is 26.4 Å². The average Bonchev–Trinajstić information content (AvgIpc) is 2.91. The number of nitrogens with zero attached hydrogens (tertiary/aromatic N) is 2. The molecule has 4 nitrogen and oxygen atoms in total. The molecule has 0 radical (unpaired) electrons. The number of oxazole rings is 1. The van der Waals surface area contributed by atoms with Crippen molar-refractivity contribution in [2.75, 3.05) is 0 Å². The van der Waals surface area contributed by atoms with Gasteiger partial charge >= 0.3 is 0 Å². The predicted octanol–water partition coefficient (Wildman–Crippen LogP) is 3.38. The van der Waals surface area contributed by atoms with Crippen molar-refractivity contribution in [1.29, 1.82) is 0 Å². The quantitative estimate of drug-likeness (QED) is 0.787. The first-order chi connectivity index (χ1) is 9.74. The van der Waals surface area contributed by atoms with Gasteiger partial charge in [-0.05, 0) is 24.8 Å². The highest BCUT2D eigenvalue weighted by molar-refractivity contribution is 5.84. The molecule has 1 unspecified atom stereocenters. The summed E-state index contributed by atoms with van der Waals surface area (Å²) in [5.41, 5.74) is 1.18. The fourth-order valence-electron chi connectivity index (χ4n) is 2.24. The predicted molar refractivity (Wildman–Crippen MR) is 78.2 cm³/mol. The zero-order valence-corrected chi connectivity index (χ0v) is 11.6. The van der Waals surface area contributed by atoms with E-state index in [4.69, 9.17) is 4.42 Å². The lowest BCUT2D eigenvalue weighted by Crippen LogP contribution is -2.18. The lowest BCUT2D eigenvalue weighted by molar-refractivity contribution is 0.402. The molecule has 1 N–H and O–H groups in total. The lowest BCUT2D eigenvalue weighted by Gasteiger charge is -2.11. The minimum atomic E-state index is 0.0719. The summed E-state index contributed by atoms with van der Waals surface area (Å²) in [4.78, 5) is 8.53. The van der Waals surface area contributed by atoms with Gasteiger partial charge in [0, 0.05) is 24.3 Å². The summed E-state index contributed by atoms with van der Waals surface area (Å²) in [5.74, 6) is 1.55. The summed E-state index contributed by atoms with van der Waals surface area (Å²) in [6.07, 6.45) is 5.54. The molecule has 0 aliphatic carbocycles. The summed E-state index contributed by atoms with van der Waals surface area (Å²) >= 11 is 0. The molecule has 0 aliphatic rings. The van der Waals surface area contributed by atoms with Crippen LogP contribution in [-0.2, 0) is 6.54 Å². The summed E-state index contributed by atoms with van der Waals surface area (Å²) in [6, 6.07) is 8.34. The van der Waals surface area contributed by atoms with Crippen LogP contribution in [0.1, 0.15) is 30.2 Å². The molecule has 2 aromatic heterocycles. The summed E-state index contributed by atoms with van der Waals surface area (Å²) in [6.45, 7) is 4.68. The van der Waals surface area contributed by atoms with E-state index >= 15 is 0 Å². The number of pyridine rings is 1. The Kier molecular flexibility index (Phi) is 3.48. The molecule has 0 saturated carbocycles. The molecule has 3 aromatic rings. The van der Waals surface area contributed by atoms with Crippen molar-refractivity contribution in [3.8, 4) is 0 Å². The Hall–Kier alpha value is -2.20. The number of benzene rings is 1. The van der Waals surface area contributed by atoms with Crippen LogP contribution >= 0.6 is 0 Å². The molecule has 102 valence electrons. The Morgan fingerprint density at radius 1 is 1.20 bits per heavy atom. The van der Waals surface area contributed by atoms with Gasteiger partial charge in [0.05, 0.1) is 12.2 Å². The minimum Gasteiger partial charge on any atom is -0.444 e. The zero-order valence-electron chi connectivity index (χ0n) is 11.6. The number of aromatic nitrogens is 2. The summed E-state index contributed by atoms with van der Waals surface area (Å²) < 4.78 is 5.53. The SMILES string of the molecule is Cc1cnc(C(C)NCc2cncc3ccccc23)o1. The lowest BCUT2D eigenvalue weighted by atomic mass is 10.1. The number of aryl methyl sites for hydroxylation is 1. The molecule has 20 heavy (non-hydrogen) atoms. The van der Waals surface area contributed by atoms with E-state index in [2.05, 4.69) is 27.4 Å². The van der Waals surface area contributed by atoms with Crippen LogP contribution in [0.15, 0.2) is 47.3 Å². The highest BCUT2D eigenvalue weighted by atomic mass is 16.4. The standard InChI is InChI=1S/C16H17N3O/c1-11-7-19-16(20-11)12(2)18-10-14-9-17-8-13-5-3-4-6-15(13)14/h3-9,12,18H,10H2,1-2H3. The zero-order chi connectivity index (χ0) is 13.9. The normalized spacial score (nSPS) is 12.7. The van der Waals surface area contributed by atoms with Crippen LogP contribution in [0, 0.1) is 6.92 Å². The van der Waals surface area contributed by atoms with Gasteiger partial charge in [0.25, 0.3) is 0 Å². The van der Waals surface area contributed by atoms with E-state index in [0.29, 0.717) is 0 Å². The van der Waals surface area contributed by atoms with Crippen molar-refractivity contribution in [1.82, 2.24) is 15.3 Å². The summed E-state index contributed by atoms with van der Waals surface area (Å²) in [7, 11) is 0. The molecule has 0 bridgehead atoms. The Balaban J connectivity index is 1.77. The number of rotatable bonds is 4. The van der Waals surface area contributed by atoms with E-state index in [1.165, 1.54) is 10.9 Å². The molecule has 0 fully saturated rings. The van der Waals surface area contributed by atoms with Gasteiger partial charge < -0.3 is 9.73 Å². The van der Waals surface area contributed by atoms with Crippen molar-refractivity contribution >= 4 is 10.8 Å². The monoisotopic (exact) mass is 267 g/mol. The Morgan fingerprint density at radius 2 is 2.05 bits per heavy atom. The van der Waals surface area contributed by atoms with Crippen LogP contribution in [-0.4, -0.2) is 9.97 Å². The Morgan fingerprint density at radius 3 is 2.85 bits per heavy atom. The maximum Gasteiger partial charge on any atom is 0.211 e. The summed E-state index contributed by atoms with van der Waals surface area (Å²) in [5, 5.41) is 5.81. The fraction of sp³-hybridized carbons (Fsp3) is 0.250. The molecular weight excluding hydrogens is 250 g/mol. The molecule has 1 atom stereocenters. The van der Waals surface area contributed by atoms with Crippen molar-refractivity contribution in [3.05, 3.63) is 60.1 Å². The molecule has 3 rings (SSSR count). The van der Waals surface area contributed by atoms with Crippen molar-refractivity contribution in [3.63, 3.8) is 0 Å². The molecule has 2 heterocycles. The fourth-order valence-corrected chi connectivity index (χ4v) is 2.24. The van der Waals surface area contributed by atoms with Crippen molar-refractivity contribution < 1.29 is 4.42 Å². The minimum absolute atomic E-state index is 0.0719.